The van der Waals surface area contributed by atoms with Gasteiger partial charge in [0.05, 0.1) is 12.0 Å². The lowest BCUT2D eigenvalue weighted by molar-refractivity contribution is -0.119. The molecule has 1 saturated carbocycles. The summed E-state index contributed by atoms with van der Waals surface area (Å²) in [7, 11) is 0. The van der Waals surface area contributed by atoms with E-state index in [-0.39, 0.29) is 11.9 Å². The lowest BCUT2D eigenvalue weighted by Gasteiger charge is -2.29. The van der Waals surface area contributed by atoms with Gasteiger partial charge in [0.15, 0.2) is 10.9 Å². The summed E-state index contributed by atoms with van der Waals surface area (Å²) in [6, 6.07) is 4.19. The number of carbonyl (C=O) groups is 1. The van der Waals surface area contributed by atoms with Crippen LogP contribution < -0.4 is 5.32 Å². The van der Waals surface area contributed by atoms with Gasteiger partial charge < -0.3 is 9.73 Å². The SMILES string of the molecule is CC(C)n1c(SCC(=O)N[C@H]2CCCC[C@@H]2C)nnc1-c1ccco1. The predicted octanol–water partition coefficient (Wildman–Crippen LogP) is 3.91. The van der Waals surface area contributed by atoms with E-state index < -0.39 is 0 Å². The molecule has 0 aromatic carbocycles. The van der Waals surface area contributed by atoms with Gasteiger partial charge in [0, 0.05) is 12.1 Å². The zero-order chi connectivity index (χ0) is 17.8. The van der Waals surface area contributed by atoms with Crippen LogP contribution in [-0.4, -0.2) is 32.5 Å². The molecule has 0 aliphatic heterocycles. The largest absolute Gasteiger partial charge is 0.461 e. The molecule has 0 unspecified atom stereocenters. The van der Waals surface area contributed by atoms with Gasteiger partial charge in [-0.05, 0) is 44.7 Å². The highest BCUT2D eigenvalue weighted by molar-refractivity contribution is 7.99. The van der Waals surface area contributed by atoms with E-state index in [4.69, 9.17) is 4.42 Å². The summed E-state index contributed by atoms with van der Waals surface area (Å²) in [5.41, 5.74) is 0. The van der Waals surface area contributed by atoms with Crippen molar-refractivity contribution in [1.29, 1.82) is 0 Å². The summed E-state index contributed by atoms with van der Waals surface area (Å²) in [5, 5.41) is 12.4. The van der Waals surface area contributed by atoms with Crippen LogP contribution in [0.25, 0.3) is 11.6 Å². The Morgan fingerprint density at radius 3 is 2.88 bits per heavy atom. The third-order valence-corrected chi connectivity index (χ3v) is 5.66. The quantitative estimate of drug-likeness (QED) is 0.789. The number of aromatic nitrogens is 3. The van der Waals surface area contributed by atoms with Gasteiger partial charge in [-0.25, -0.2) is 0 Å². The molecule has 0 saturated heterocycles. The molecule has 0 spiro atoms. The molecule has 1 aliphatic carbocycles. The summed E-state index contributed by atoms with van der Waals surface area (Å²) in [6.45, 7) is 6.37. The molecule has 7 heteroatoms. The number of furan rings is 1. The molecule has 0 bridgehead atoms. The molecule has 1 N–H and O–H groups in total. The van der Waals surface area contributed by atoms with Gasteiger partial charge in [-0.15, -0.1) is 10.2 Å². The molecular weight excluding hydrogens is 336 g/mol. The van der Waals surface area contributed by atoms with Crippen LogP contribution in [0.5, 0.6) is 0 Å². The molecule has 1 amide bonds. The normalized spacial score (nSPS) is 20.8. The van der Waals surface area contributed by atoms with Crippen LogP contribution in [0.3, 0.4) is 0 Å². The number of hydrogen-bond donors (Lipinski definition) is 1. The Kier molecular flexibility index (Phi) is 5.83. The molecule has 136 valence electrons. The number of nitrogens with one attached hydrogen (secondary N) is 1. The van der Waals surface area contributed by atoms with E-state index in [9.17, 15) is 4.79 Å². The third kappa shape index (κ3) is 4.26. The molecule has 3 rings (SSSR count). The van der Waals surface area contributed by atoms with Gasteiger partial charge in [0.2, 0.25) is 11.7 Å². The first-order valence-corrected chi connectivity index (χ1v) is 9.95. The van der Waals surface area contributed by atoms with Crippen molar-refractivity contribution in [2.75, 3.05) is 5.75 Å². The van der Waals surface area contributed by atoms with Crippen LogP contribution in [0.1, 0.15) is 52.5 Å². The summed E-state index contributed by atoms with van der Waals surface area (Å²) in [6.07, 6.45) is 6.39. The molecule has 25 heavy (non-hydrogen) atoms. The number of nitrogens with zero attached hydrogens (tertiary/aromatic N) is 3. The van der Waals surface area contributed by atoms with Crippen LogP contribution >= 0.6 is 11.8 Å². The summed E-state index contributed by atoms with van der Waals surface area (Å²) >= 11 is 1.43. The highest BCUT2D eigenvalue weighted by atomic mass is 32.2. The third-order valence-electron chi connectivity index (χ3n) is 4.71. The highest BCUT2D eigenvalue weighted by Crippen LogP contribution is 2.28. The molecule has 2 heterocycles. The van der Waals surface area contributed by atoms with E-state index in [1.165, 1.54) is 31.0 Å². The maximum atomic E-state index is 12.3. The Morgan fingerprint density at radius 1 is 1.40 bits per heavy atom. The zero-order valence-electron chi connectivity index (χ0n) is 15.1. The first-order valence-electron chi connectivity index (χ1n) is 8.97. The lowest BCUT2D eigenvalue weighted by atomic mass is 9.86. The molecule has 0 radical (unpaired) electrons. The smallest absolute Gasteiger partial charge is 0.230 e. The van der Waals surface area contributed by atoms with E-state index in [0.717, 1.165) is 11.6 Å². The highest BCUT2D eigenvalue weighted by Gasteiger charge is 2.24. The topological polar surface area (TPSA) is 73.0 Å². The van der Waals surface area contributed by atoms with Crippen molar-refractivity contribution in [1.82, 2.24) is 20.1 Å². The van der Waals surface area contributed by atoms with Crippen molar-refractivity contribution in [2.24, 2.45) is 5.92 Å². The van der Waals surface area contributed by atoms with Crippen molar-refractivity contribution in [2.45, 2.75) is 63.7 Å². The van der Waals surface area contributed by atoms with Crippen molar-refractivity contribution >= 4 is 17.7 Å². The Bertz CT molecular complexity index is 696. The minimum atomic E-state index is 0.0709. The molecule has 2 aromatic rings. The number of hydrogen-bond acceptors (Lipinski definition) is 5. The molecule has 6 nitrogen and oxygen atoms in total. The number of rotatable bonds is 6. The Morgan fingerprint density at radius 2 is 2.20 bits per heavy atom. The van der Waals surface area contributed by atoms with E-state index in [2.05, 4.69) is 36.3 Å². The summed E-state index contributed by atoms with van der Waals surface area (Å²) in [5.74, 6) is 2.37. The monoisotopic (exact) mass is 362 g/mol. The van der Waals surface area contributed by atoms with Gasteiger partial charge in [-0.1, -0.05) is 31.5 Å². The van der Waals surface area contributed by atoms with Gasteiger partial charge in [0.25, 0.3) is 0 Å². The Balaban J connectivity index is 1.64. The molecule has 1 aliphatic rings. The lowest BCUT2D eigenvalue weighted by Crippen LogP contribution is -2.41. The minimum absolute atomic E-state index is 0.0709. The first-order chi connectivity index (χ1) is 12.1. The van der Waals surface area contributed by atoms with Crippen LogP contribution in [0, 0.1) is 5.92 Å². The second-order valence-electron chi connectivity index (χ2n) is 6.97. The molecular formula is C18H26N4O2S. The minimum Gasteiger partial charge on any atom is -0.461 e. The average Bonchev–Trinajstić information content (AvgIpc) is 3.24. The number of thioether (sulfide) groups is 1. The van der Waals surface area contributed by atoms with Crippen molar-refractivity contribution in [3.05, 3.63) is 18.4 Å². The van der Waals surface area contributed by atoms with E-state index >= 15 is 0 Å². The molecule has 2 atom stereocenters. The van der Waals surface area contributed by atoms with E-state index in [1.54, 1.807) is 6.26 Å². The number of amides is 1. The average molecular weight is 362 g/mol. The fraction of sp³-hybridized carbons (Fsp3) is 0.611. The van der Waals surface area contributed by atoms with Crippen molar-refractivity contribution < 1.29 is 9.21 Å². The standard InChI is InChI=1S/C18H26N4O2S/c1-12(2)22-17(15-9-6-10-24-15)20-21-18(22)25-11-16(23)19-14-8-5-4-7-13(14)3/h6,9-10,12-14H,4-5,7-8,11H2,1-3H3,(H,19,23)/t13-,14-/m0/s1. The zero-order valence-corrected chi connectivity index (χ0v) is 15.9. The van der Waals surface area contributed by atoms with Gasteiger partial charge in [-0.3, -0.25) is 9.36 Å². The summed E-state index contributed by atoms with van der Waals surface area (Å²) in [4.78, 5) is 12.3. The van der Waals surface area contributed by atoms with E-state index in [1.807, 2.05) is 16.7 Å². The first kappa shape index (κ1) is 18.0. The van der Waals surface area contributed by atoms with Crippen LogP contribution in [-0.2, 0) is 4.79 Å². The molecule has 2 aromatic heterocycles. The van der Waals surface area contributed by atoms with Gasteiger partial charge >= 0.3 is 0 Å². The second-order valence-corrected chi connectivity index (χ2v) is 7.91. The molecule has 1 fully saturated rings. The maximum absolute atomic E-state index is 12.3. The Labute approximate surface area is 152 Å². The second kappa shape index (κ2) is 8.08. The van der Waals surface area contributed by atoms with Crippen molar-refractivity contribution in [3.63, 3.8) is 0 Å². The van der Waals surface area contributed by atoms with E-state index in [0.29, 0.717) is 29.3 Å². The van der Waals surface area contributed by atoms with Crippen LogP contribution in [0.15, 0.2) is 28.0 Å². The number of carbonyl (C=O) groups excluding carboxylic acids is 1. The van der Waals surface area contributed by atoms with Crippen LogP contribution in [0.4, 0.5) is 0 Å². The maximum Gasteiger partial charge on any atom is 0.230 e. The fourth-order valence-corrected chi connectivity index (χ4v) is 4.20. The van der Waals surface area contributed by atoms with Gasteiger partial charge in [-0.2, -0.15) is 0 Å². The van der Waals surface area contributed by atoms with Crippen LogP contribution in [0.2, 0.25) is 0 Å². The fourth-order valence-electron chi connectivity index (χ4n) is 3.32. The summed E-state index contributed by atoms with van der Waals surface area (Å²) < 4.78 is 7.46. The Hall–Kier alpha value is -1.76. The van der Waals surface area contributed by atoms with Crippen molar-refractivity contribution in [3.8, 4) is 11.6 Å². The predicted molar refractivity (Wildman–Crippen MR) is 98.4 cm³/mol. The van der Waals surface area contributed by atoms with Gasteiger partial charge in [0.1, 0.15) is 0 Å².